The van der Waals surface area contributed by atoms with Gasteiger partial charge in [-0.3, -0.25) is 0 Å². The Morgan fingerprint density at radius 3 is 2.91 bits per heavy atom. The molecule has 0 saturated heterocycles. The van der Waals surface area contributed by atoms with Crippen LogP contribution in [0.3, 0.4) is 0 Å². The fourth-order valence-electron chi connectivity index (χ4n) is 2.22. The summed E-state index contributed by atoms with van der Waals surface area (Å²) in [7, 11) is 0. The van der Waals surface area contributed by atoms with Gasteiger partial charge in [0.15, 0.2) is 0 Å². The van der Waals surface area contributed by atoms with Gasteiger partial charge in [-0.25, -0.2) is 4.79 Å². The first kappa shape index (κ1) is 14.7. The number of carbonyl (C=O) groups excluding carboxylic acids is 1. The highest BCUT2D eigenvalue weighted by Crippen LogP contribution is 2.27. The Balaban J connectivity index is 2.04. The molecule has 0 aliphatic heterocycles. The largest absolute Gasteiger partial charge is 0.490 e. The van der Waals surface area contributed by atoms with Crippen LogP contribution in [0, 0.1) is 10.1 Å². The minimum absolute atomic E-state index is 0.0613. The Morgan fingerprint density at radius 1 is 1.43 bits per heavy atom. The Hall–Kier alpha value is -3.23. The number of hydrogen-bond donors (Lipinski definition) is 0. The van der Waals surface area contributed by atoms with Crippen molar-refractivity contribution in [2.45, 2.75) is 13.5 Å². The molecule has 9 heteroatoms. The van der Waals surface area contributed by atoms with Crippen LogP contribution in [0.15, 0.2) is 35.0 Å². The quantitative estimate of drug-likeness (QED) is 0.402. The van der Waals surface area contributed by atoms with Gasteiger partial charge in [-0.05, 0) is 17.9 Å². The zero-order valence-corrected chi connectivity index (χ0v) is 12.1. The molecule has 118 valence electrons. The molecule has 2 heterocycles. The van der Waals surface area contributed by atoms with Gasteiger partial charge in [-0.1, -0.05) is 23.2 Å². The number of fused-ring (bicyclic) bond motifs is 1. The number of aromatic nitrogens is 3. The van der Waals surface area contributed by atoms with E-state index < -0.39 is 16.8 Å². The highest BCUT2D eigenvalue weighted by Gasteiger charge is 2.23. The second-order valence-corrected chi connectivity index (χ2v) is 4.63. The minimum atomic E-state index is -0.684. The number of hydrogen-bond acceptors (Lipinski definition) is 7. The predicted octanol–water partition coefficient (Wildman–Crippen LogP) is 2.16. The normalized spacial score (nSPS) is 10.8. The molecule has 0 amide bonds. The zero-order valence-electron chi connectivity index (χ0n) is 12.1. The van der Waals surface area contributed by atoms with Gasteiger partial charge in [-0.15, -0.1) is 0 Å². The number of furan rings is 1. The molecule has 0 fully saturated rings. The number of para-hydroxylation sites is 1. The summed E-state index contributed by atoms with van der Waals surface area (Å²) >= 11 is 0. The molecular formula is C14H12N4O5. The van der Waals surface area contributed by atoms with Gasteiger partial charge in [0, 0.05) is 16.0 Å². The van der Waals surface area contributed by atoms with Crippen LogP contribution >= 0.6 is 0 Å². The summed E-state index contributed by atoms with van der Waals surface area (Å²) in [6, 6.07) is 7.11. The molecule has 0 N–H and O–H groups in total. The average Bonchev–Trinajstić information content (AvgIpc) is 3.13. The third-order valence-electron chi connectivity index (χ3n) is 3.17. The summed E-state index contributed by atoms with van der Waals surface area (Å²) in [6.07, 6.45) is 1.23. The molecule has 9 nitrogen and oxygen atoms in total. The molecule has 0 radical (unpaired) electrons. The lowest BCUT2D eigenvalue weighted by Crippen LogP contribution is -2.09. The van der Waals surface area contributed by atoms with Gasteiger partial charge in [-0.2, -0.15) is 4.68 Å². The molecule has 0 saturated carbocycles. The van der Waals surface area contributed by atoms with E-state index in [0.29, 0.717) is 16.5 Å². The van der Waals surface area contributed by atoms with Crippen LogP contribution in [0.25, 0.3) is 11.0 Å². The molecule has 2 aromatic heterocycles. The van der Waals surface area contributed by atoms with Gasteiger partial charge in [0.05, 0.1) is 13.2 Å². The number of nitrogens with zero attached hydrogens (tertiary/aromatic N) is 4. The van der Waals surface area contributed by atoms with Crippen molar-refractivity contribution in [2.75, 3.05) is 6.61 Å². The fourth-order valence-corrected chi connectivity index (χ4v) is 2.22. The first-order valence-electron chi connectivity index (χ1n) is 6.81. The van der Waals surface area contributed by atoms with Crippen molar-refractivity contribution in [3.63, 3.8) is 0 Å². The molecule has 1 aromatic carbocycles. The van der Waals surface area contributed by atoms with Crippen molar-refractivity contribution >= 4 is 22.9 Å². The van der Waals surface area contributed by atoms with Crippen LogP contribution in [0.4, 0.5) is 5.95 Å². The Kier molecular flexibility index (Phi) is 3.75. The summed E-state index contributed by atoms with van der Waals surface area (Å²) in [5.74, 6) is -1.03. The van der Waals surface area contributed by atoms with E-state index in [1.54, 1.807) is 31.2 Å². The maximum Gasteiger partial charge on any atom is 0.490 e. The van der Waals surface area contributed by atoms with Crippen LogP contribution in [0.2, 0.25) is 0 Å². The van der Waals surface area contributed by atoms with Gasteiger partial charge in [0.2, 0.25) is 12.1 Å². The van der Waals surface area contributed by atoms with Crippen LogP contribution in [-0.2, 0) is 11.3 Å². The Labute approximate surface area is 129 Å². The zero-order chi connectivity index (χ0) is 16.4. The van der Waals surface area contributed by atoms with Gasteiger partial charge in [0.1, 0.15) is 5.58 Å². The van der Waals surface area contributed by atoms with E-state index in [0.717, 1.165) is 0 Å². The number of carbonyl (C=O) groups is 1. The van der Waals surface area contributed by atoms with E-state index in [4.69, 9.17) is 9.15 Å². The topological polar surface area (TPSA) is 113 Å². The van der Waals surface area contributed by atoms with E-state index in [1.807, 2.05) is 0 Å². The second-order valence-electron chi connectivity index (χ2n) is 4.63. The molecule has 0 spiro atoms. The van der Waals surface area contributed by atoms with Crippen LogP contribution in [0.5, 0.6) is 0 Å². The summed E-state index contributed by atoms with van der Waals surface area (Å²) < 4.78 is 11.8. The lowest BCUT2D eigenvalue weighted by atomic mass is 10.1. The molecule has 0 aliphatic rings. The summed E-state index contributed by atoms with van der Waals surface area (Å²) in [6.45, 7) is 2.01. The highest BCUT2D eigenvalue weighted by atomic mass is 16.6. The second kappa shape index (κ2) is 5.87. The summed E-state index contributed by atoms with van der Waals surface area (Å²) in [5, 5.41) is 15.1. The van der Waals surface area contributed by atoms with Crippen LogP contribution < -0.4 is 0 Å². The highest BCUT2D eigenvalue weighted by molar-refractivity contribution is 5.96. The van der Waals surface area contributed by atoms with Crippen molar-refractivity contribution in [1.82, 2.24) is 14.8 Å². The van der Waals surface area contributed by atoms with E-state index >= 15 is 0 Å². The number of esters is 1. The van der Waals surface area contributed by atoms with Gasteiger partial charge >= 0.3 is 11.9 Å². The molecule has 23 heavy (non-hydrogen) atoms. The van der Waals surface area contributed by atoms with Crippen LogP contribution in [-0.4, -0.2) is 32.3 Å². The lowest BCUT2D eigenvalue weighted by Gasteiger charge is -2.01. The minimum Gasteiger partial charge on any atom is -0.460 e. The molecule has 0 aliphatic carbocycles. The van der Waals surface area contributed by atoms with Gasteiger partial charge in [0.25, 0.3) is 0 Å². The number of rotatable bonds is 5. The van der Waals surface area contributed by atoms with E-state index in [9.17, 15) is 14.9 Å². The summed E-state index contributed by atoms with van der Waals surface area (Å²) in [5.41, 5.74) is 1.07. The predicted molar refractivity (Wildman–Crippen MR) is 77.9 cm³/mol. The van der Waals surface area contributed by atoms with E-state index in [-0.39, 0.29) is 18.9 Å². The van der Waals surface area contributed by atoms with Crippen molar-refractivity contribution in [2.24, 2.45) is 0 Å². The maximum atomic E-state index is 12.1. The number of ether oxygens (including phenoxy) is 1. The molecule has 0 unspecified atom stereocenters. The molecule has 0 bridgehead atoms. The molecular weight excluding hydrogens is 304 g/mol. The van der Waals surface area contributed by atoms with Gasteiger partial charge < -0.3 is 19.3 Å². The Bertz CT molecular complexity index is 882. The fraction of sp³-hybridized carbons (Fsp3) is 0.214. The van der Waals surface area contributed by atoms with Crippen molar-refractivity contribution in [3.8, 4) is 0 Å². The SMILES string of the molecule is CCOC(=O)c1oc2ccccc2c1Cn1cnc([N+](=O)[O-])n1. The molecule has 0 atom stereocenters. The standard InChI is InChI=1S/C14H12N4O5/c1-2-22-13(19)12-10(9-5-3-4-6-11(9)23-12)7-17-8-15-14(16-17)18(20)21/h3-6,8H,2,7H2,1H3. The first-order valence-corrected chi connectivity index (χ1v) is 6.81. The molecule has 3 aromatic rings. The lowest BCUT2D eigenvalue weighted by molar-refractivity contribution is -0.394. The smallest absolute Gasteiger partial charge is 0.460 e. The third-order valence-corrected chi connectivity index (χ3v) is 3.17. The number of benzene rings is 1. The third kappa shape index (κ3) is 2.76. The van der Waals surface area contributed by atoms with Crippen LogP contribution in [0.1, 0.15) is 23.0 Å². The summed E-state index contributed by atoms with van der Waals surface area (Å²) in [4.78, 5) is 25.6. The first-order chi connectivity index (χ1) is 11.1. The monoisotopic (exact) mass is 316 g/mol. The van der Waals surface area contributed by atoms with Crippen molar-refractivity contribution < 1.29 is 18.9 Å². The van der Waals surface area contributed by atoms with Crippen molar-refractivity contribution in [1.29, 1.82) is 0 Å². The number of nitro groups is 1. The molecule has 3 rings (SSSR count). The van der Waals surface area contributed by atoms with E-state index in [1.165, 1.54) is 11.0 Å². The van der Waals surface area contributed by atoms with E-state index in [2.05, 4.69) is 10.1 Å². The average molecular weight is 316 g/mol. The maximum absolute atomic E-state index is 12.1. The Morgan fingerprint density at radius 2 is 2.22 bits per heavy atom. The van der Waals surface area contributed by atoms with Crippen molar-refractivity contribution in [3.05, 3.63) is 52.0 Å².